The van der Waals surface area contributed by atoms with E-state index in [1.165, 1.54) is 29.2 Å². The van der Waals surface area contributed by atoms with Gasteiger partial charge in [-0.05, 0) is 38.1 Å². The Balaban J connectivity index is 2.61. The molecule has 0 bridgehead atoms. The number of hydrogen-bond acceptors (Lipinski definition) is 3. The number of amides is 2. The standard InChI is InChI=1S/C13H18N2O3/c1-9(2)14-12(17)8-15(3)13(18)10-4-6-11(16)7-5-10/h4-7,9,16H,8H2,1-3H3,(H,14,17). The molecule has 1 rings (SSSR count). The maximum Gasteiger partial charge on any atom is 0.254 e. The van der Waals surface area contributed by atoms with Crippen LogP contribution in [0.2, 0.25) is 0 Å². The summed E-state index contributed by atoms with van der Waals surface area (Å²) in [4.78, 5) is 24.8. The molecule has 1 aromatic rings. The third-order valence-corrected chi connectivity index (χ3v) is 2.29. The first kappa shape index (κ1) is 14.0. The van der Waals surface area contributed by atoms with Gasteiger partial charge in [0.15, 0.2) is 0 Å². The summed E-state index contributed by atoms with van der Waals surface area (Å²) < 4.78 is 0. The molecule has 2 amide bonds. The molecule has 18 heavy (non-hydrogen) atoms. The number of rotatable bonds is 4. The summed E-state index contributed by atoms with van der Waals surface area (Å²) in [5.74, 6) is -0.347. The van der Waals surface area contributed by atoms with E-state index in [4.69, 9.17) is 5.11 Å². The van der Waals surface area contributed by atoms with E-state index in [9.17, 15) is 9.59 Å². The number of benzene rings is 1. The average Bonchev–Trinajstić information content (AvgIpc) is 2.27. The van der Waals surface area contributed by atoms with Crippen molar-refractivity contribution in [2.75, 3.05) is 13.6 Å². The Morgan fingerprint density at radius 3 is 2.33 bits per heavy atom. The van der Waals surface area contributed by atoms with Gasteiger partial charge >= 0.3 is 0 Å². The summed E-state index contributed by atoms with van der Waals surface area (Å²) in [6.07, 6.45) is 0. The second-order valence-corrected chi connectivity index (χ2v) is 4.43. The molecule has 0 radical (unpaired) electrons. The van der Waals surface area contributed by atoms with E-state index in [2.05, 4.69) is 5.32 Å². The first-order valence-corrected chi connectivity index (χ1v) is 5.74. The van der Waals surface area contributed by atoms with Gasteiger partial charge in [0, 0.05) is 18.7 Å². The molecule has 0 atom stereocenters. The van der Waals surface area contributed by atoms with Crippen molar-refractivity contribution >= 4 is 11.8 Å². The van der Waals surface area contributed by atoms with Gasteiger partial charge in [-0.15, -0.1) is 0 Å². The minimum absolute atomic E-state index is 0.0118. The minimum atomic E-state index is -0.256. The van der Waals surface area contributed by atoms with Gasteiger partial charge in [-0.3, -0.25) is 9.59 Å². The quantitative estimate of drug-likeness (QED) is 0.837. The predicted molar refractivity (Wildman–Crippen MR) is 68.3 cm³/mol. The number of hydrogen-bond donors (Lipinski definition) is 2. The highest BCUT2D eigenvalue weighted by Crippen LogP contribution is 2.11. The van der Waals surface area contributed by atoms with E-state index < -0.39 is 0 Å². The van der Waals surface area contributed by atoms with E-state index in [0.717, 1.165) is 0 Å². The van der Waals surface area contributed by atoms with Crippen LogP contribution in [0, 0.1) is 0 Å². The molecule has 2 N–H and O–H groups in total. The molecule has 0 spiro atoms. The average molecular weight is 250 g/mol. The van der Waals surface area contributed by atoms with Gasteiger partial charge in [0.1, 0.15) is 5.75 Å². The summed E-state index contributed by atoms with van der Waals surface area (Å²) in [5.41, 5.74) is 0.438. The topological polar surface area (TPSA) is 69.6 Å². The summed E-state index contributed by atoms with van der Waals surface area (Å²) in [5, 5.41) is 11.8. The smallest absolute Gasteiger partial charge is 0.254 e. The lowest BCUT2D eigenvalue weighted by Crippen LogP contribution is -2.40. The number of phenols is 1. The van der Waals surface area contributed by atoms with E-state index in [-0.39, 0.29) is 30.2 Å². The Morgan fingerprint density at radius 1 is 1.28 bits per heavy atom. The zero-order chi connectivity index (χ0) is 13.7. The Morgan fingerprint density at radius 2 is 1.83 bits per heavy atom. The number of nitrogens with zero attached hydrogens (tertiary/aromatic N) is 1. The third-order valence-electron chi connectivity index (χ3n) is 2.29. The number of phenolic OH excluding ortho intramolecular Hbond substituents is 1. The van der Waals surface area contributed by atoms with E-state index in [1.54, 1.807) is 7.05 Å². The Bertz CT molecular complexity index is 426. The lowest BCUT2D eigenvalue weighted by Gasteiger charge is -2.17. The van der Waals surface area contributed by atoms with Gasteiger partial charge in [0.25, 0.3) is 5.91 Å². The molecule has 0 heterocycles. The molecule has 0 fully saturated rings. The Labute approximate surface area is 106 Å². The number of likely N-dealkylation sites (N-methyl/N-ethyl adjacent to an activating group) is 1. The molecular weight excluding hydrogens is 232 g/mol. The van der Waals surface area contributed by atoms with Crippen LogP contribution in [-0.2, 0) is 4.79 Å². The van der Waals surface area contributed by atoms with E-state index in [0.29, 0.717) is 5.56 Å². The van der Waals surface area contributed by atoms with Gasteiger partial charge in [0.05, 0.1) is 6.54 Å². The fourth-order valence-electron chi connectivity index (χ4n) is 1.48. The van der Waals surface area contributed by atoms with Crippen LogP contribution in [0.5, 0.6) is 5.75 Å². The highest BCUT2D eigenvalue weighted by Gasteiger charge is 2.15. The van der Waals surface area contributed by atoms with Crippen LogP contribution in [0.15, 0.2) is 24.3 Å². The number of nitrogens with one attached hydrogen (secondary N) is 1. The molecule has 0 aliphatic rings. The molecule has 5 heteroatoms. The van der Waals surface area contributed by atoms with Gasteiger partial charge in [-0.25, -0.2) is 0 Å². The molecule has 0 unspecified atom stereocenters. The molecule has 0 saturated carbocycles. The van der Waals surface area contributed by atoms with Crippen molar-refractivity contribution < 1.29 is 14.7 Å². The van der Waals surface area contributed by atoms with Crippen LogP contribution >= 0.6 is 0 Å². The Hall–Kier alpha value is -2.04. The number of aromatic hydroxyl groups is 1. The van der Waals surface area contributed by atoms with Gasteiger partial charge in [-0.2, -0.15) is 0 Å². The summed E-state index contributed by atoms with van der Waals surface area (Å²) in [6, 6.07) is 5.97. The van der Waals surface area contributed by atoms with Crippen LogP contribution in [0.4, 0.5) is 0 Å². The second-order valence-electron chi connectivity index (χ2n) is 4.43. The van der Waals surface area contributed by atoms with Crippen LogP contribution < -0.4 is 5.32 Å². The van der Waals surface area contributed by atoms with Crippen LogP contribution in [0.1, 0.15) is 24.2 Å². The third kappa shape index (κ3) is 4.08. The van der Waals surface area contributed by atoms with Crippen molar-refractivity contribution in [3.63, 3.8) is 0 Å². The normalized spacial score (nSPS) is 10.2. The van der Waals surface area contributed by atoms with Gasteiger partial charge in [-0.1, -0.05) is 0 Å². The zero-order valence-electron chi connectivity index (χ0n) is 10.8. The first-order chi connectivity index (χ1) is 8.40. The lowest BCUT2D eigenvalue weighted by atomic mass is 10.2. The fourth-order valence-corrected chi connectivity index (χ4v) is 1.48. The van der Waals surface area contributed by atoms with E-state index >= 15 is 0 Å². The molecule has 0 aliphatic heterocycles. The van der Waals surface area contributed by atoms with E-state index in [1.807, 2.05) is 13.8 Å². The van der Waals surface area contributed by atoms with Gasteiger partial charge in [0.2, 0.25) is 5.91 Å². The Kier molecular flexibility index (Phi) is 4.71. The van der Waals surface area contributed by atoms with Crippen LogP contribution in [-0.4, -0.2) is 41.5 Å². The minimum Gasteiger partial charge on any atom is -0.508 e. The summed E-state index contributed by atoms with van der Waals surface area (Å²) in [6.45, 7) is 3.73. The number of carbonyl (C=O) groups excluding carboxylic acids is 2. The molecular formula is C13H18N2O3. The fraction of sp³-hybridized carbons (Fsp3) is 0.385. The highest BCUT2D eigenvalue weighted by atomic mass is 16.3. The predicted octanol–water partition coefficient (Wildman–Crippen LogP) is 0.989. The summed E-state index contributed by atoms with van der Waals surface area (Å²) >= 11 is 0. The molecule has 0 aliphatic carbocycles. The highest BCUT2D eigenvalue weighted by molar-refractivity contribution is 5.96. The molecule has 0 aromatic heterocycles. The lowest BCUT2D eigenvalue weighted by molar-refractivity contribution is -0.122. The van der Waals surface area contributed by atoms with Crippen molar-refractivity contribution in [2.45, 2.75) is 19.9 Å². The largest absolute Gasteiger partial charge is 0.508 e. The van der Waals surface area contributed by atoms with Crippen molar-refractivity contribution in [1.29, 1.82) is 0 Å². The zero-order valence-corrected chi connectivity index (χ0v) is 10.8. The molecule has 98 valence electrons. The maximum absolute atomic E-state index is 11.9. The first-order valence-electron chi connectivity index (χ1n) is 5.74. The van der Waals surface area contributed by atoms with Crippen molar-refractivity contribution in [1.82, 2.24) is 10.2 Å². The van der Waals surface area contributed by atoms with Crippen molar-refractivity contribution in [2.24, 2.45) is 0 Å². The summed E-state index contributed by atoms with van der Waals surface area (Å²) in [7, 11) is 1.56. The maximum atomic E-state index is 11.9. The SMILES string of the molecule is CC(C)NC(=O)CN(C)C(=O)c1ccc(O)cc1. The van der Waals surface area contributed by atoms with Crippen molar-refractivity contribution in [3.05, 3.63) is 29.8 Å². The van der Waals surface area contributed by atoms with Crippen LogP contribution in [0.3, 0.4) is 0 Å². The molecule has 0 saturated heterocycles. The van der Waals surface area contributed by atoms with Crippen LogP contribution in [0.25, 0.3) is 0 Å². The van der Waals surface area contributed by atoms with Crippen molar-refractivity contribution in [3.8, 4) is 5.75 Å². The van der Waals surface area contributed by atoms with Gasteiger partial charge < -0.3 is 15.3 Å². The number of carbonyl (C=O) groups is 2. The second kappa shape index (κ2) is 6.05. The molecule has 5 nitrogen and oxygen atoms in total. The monoisotopic (exact) mass is 250 g/mol. The molecule has 1 aromatic carbocycles.